The number of ether oxygens (including phenoxy) is 1. The van der Waals surface area contributed by atoms with Gasteiger partial charge in [-0.2, -0.15) is 4.31 Å². The molecule has 0 bridgehead atoms. The van der Waals surface area contributed by atoms with E-state index < -0.39 is 27.6 Å². The van der Waals surface area contributed by atoms with E-state index in [1.54, 1.807) is 19.1 Å². The van der Waals surface area contributed by atoms with E-state index in [2.05, 4.69) is 4.74 Å². The lowest BCUT2D eigenvalue weighted by atomic mass is 10.2. The van der Waals surface area contributed by atoms with E-state index in [1.165, 1.54) is 12.1 Å². The molecule has 0 spiro atoms. The summed E-state index contributed by atoms with van der Waals surface area (Å²) in [5.41, 5.74) is -0.784. The van der Waals surface area contributed by atoms with Crippen molar-refractivity contribution in [2.45, 2.75) is 17.5 Å². The molecule has 96 valence electrons. The lowest BCUT2D eigenvalue weighted by molar-refractivity contribution is -0.148. The molecule has 2 rings (SSSR count). The molecule has 0 aromatic heterocycles. The summed E-state index contributed by atoms with van der Waals surface area (Å²) < 4.78 is 28.8. The highest BCUT2D eigenvalue weighted by Crippen LogP contribution is 2.25. The molecule has 0 N–H and O–H groups in total. The molecule has 1 fully saturated rings. The number of halogens is 1. The summed E-state index contributed by atoms with van der Waals surface area (Å²) in [6.45, 7) is 1.79. The van der Waals surface area contributed by atoms with Gasteiger partial charge in [0.25, 0.3) is 15.7 Å². The normalized spacial score (nSPS) is 20.1. The van der Waals surface area contributed by atoms with Crippen LogP contribution in [0.3, 0.4) is 0 Å². The highest BCUT2D eigenvalue weighted by atomic mass is 35.5. The van der Waals surface area contributed by atoms with Crippen LogP contribution in [0.25, 0.3) is 0 Å². The predicted molar refractivity (Wildman–Crippen MR) is 60.9 cm³/mol. The molecule has 6 nitrogen and oxygen atoms in total. The number of esters is 1. The molecule has 1 atom stereocenters. The molecule has 0 saturated carbocycles. The van der Waals surface area contributed by atoms with Crippen LogP contribution in [0.2, 0.25) is 0 Å². The number of amides is 1. The van der Waals surface area contributed by atoms with Gasteiger partial charge in [-0.25, -0.2) is 13.2 Å². The molecule has 1 aliphatic rings. The molecular formula is C10H8ClNO5S. The van der Waals surface area contributed by atoms with Gasteiger partial charge in [-0.3, -0.25) is 4.79 Å². The van der Waals surface area contributed by atoms with Crippen molar-refractivity contribution < 1.29 is 22.7 Å². The maximum absolute atomic E-state index is 12.1. The Balaban J connectivity index is 2.46. The zero-order valence-corrected chi connectivity index (χ0v) is 10.7. The predicted octanol–water partition coefficient (Wildman–Crippen LogP) is 0.592. The van der Waals surface area contributed by atoms with Gasteiger partial charge < -0.3 is 4.74 Å². The molecule has 1 aromatic carbocycles. The van der Waals surface area contributed by atoms with Crippen molar-refractivity contribution in [1.82, 2.24) is 4.31 Å². The lowest BCUT2D eigenvalue weighted by Crippen LogP contribution is -2.37. The number of hydrogen-bond acceptors (Lipinski definition) is 5. The van der Waals surface area contributed by atoms with Crippen molar-refractivity contribution in [3.63, 3.8) is 0 Å². The number of alkyl halides is 1. The second kappa shape index (κ2) is 4.25. The highest BCUT2D eigenvalue weighted by molar-refractivity contribution is 7.89. The second-order valence-corrected chi connectivity index (χ2v) is 5.80. The Morgan fingerprint density at radius 1 is 1.22 bits per heavy atom. The fourth-order valence-corrected chi connectivity index (χ4v) is 3.16. The number of rotatable bonds is 2. The minimum atomic E-state index is -4.18. The van der Waals surface area contributed by atoms with Crippen molar-refractivity contribution in [1.29, 1.82) is 0 Å². The average molecular weight is 290 g/mol. The number of sulfonamides is 1. The van der Waals surface area contributed by atoms with Gasteiger partial charge in [0.1, 0.15) is 0 Å². The number of benzene rings is 1. The van der Waals surface area contributed by atoms with Crippen molar-refractivity contribution >= 4 is 33.5 Å². The number of aryl methyl sites for hydroxylation is 1. The van der Waals surface area contributed by atoms with E-state index in [1.807, 2.05) is 0 Å². The van der Waals surface area contributed by atoms with Crippen LogP contribution in [0.1, 0.15) is 5.56 Å². The molecule has 8 heteroatoms. The molecule has 0 radical (unpaired) electrons. The van der Waals surface area contributed by atoms with E-state index in [-0.39, 0.29) is 9.20 Å². The van der Waals surface area contributed by atoms with Gasteiger partial charge in [0.2, 0.25) is 0 Å². The molecule has 1 amide bonds. The van der Waals surface area contributed by atoms with E-state index in [0.717, 1.165) is 5.56 Å². The molecule has 1 aromatic rings. The zero-order chi connectivity index (χ0) is 13.5. The van der Waals surface area contributed by atoms with Crippen LogP contribution < -0.4 is 0 Å². The first-order valence-corrected chi connectivity index (χ1v) is 6.72. The first-order valence-electron chi connectivity index (χ1n) is 4.84. The summed E-state index contributed by atoms with van der Waals surface area (Å²) in [7, 11) is -4.18. The Bertz CT molecular complexity index is 610. The van der Waals surface area contributed by atoms with Gasteiger partial charge in [0, 0.05) is 0 Å². The molecule has 0 aliphatic carbocycles. The van der Waals surface area contributed by atoms with Crippen LogP contribution in [0, 0.1) is 6.92 Å². The van der Waals surface area contributed by atoms with Crippen molar-refractivity contribution in [3.05, 3.63) is 29.8 Å². The third-order valence-corrected chi connectivity index (χ3v) is 4.48. The number of hydrogen-bond donors (Lipinski definition) is 0. The van der Waals surface area contributed by atoms with Crippen LogP contribution >= 0.6 is 11.6 Å². The Labute approximate surface area is 108 Å². The molecular weight excluding hydrogens is 282 g/mol. The van der Waals surface area contributed by atoms with Gasteiger partial charge in [0.15, 0.2) is 0 Å². The van der Waals surface area contributed by atoms with Crippen LogP contribution in [0.15, 0.2) is 29.2 Å². The minimum absolute atomic E-state index is 0.134. The van der Waals surface area contributed by atoms with E-state index in [9.17, 15) is 18.0 Å². The third-order valence-electron chi connectivity index (χ3n) is 2.34. The maximum Gasteiger partial charge on any atom is 0.401 e. The van der Waals surface area contributed by atoms with Gasteiger partial charge in [-0.05, 0) is 19.1 Å². The topological polar surface area (TPSA) is 80.8 Å². The minimum Gasteiger partial charge on any atom is -0.419 e. The van der Waals surface area contributed by atoms with Crippen molar-refractivity contribution in [3.8, 4) is 0 Å². The molecule has 1 aliphatic heterocycles. The molecule has 1 saturated heterocycles. The SMILES string of the molecule is Cc1ccc(S(=O)(=O)N2C(=O)C(=O)OC2Cl)cc1. The maximum atomic E-state index is 12.1. The van der Waals surface area contributed by atoms with Gasteiger partial charge in [0.05, 0.1) is 4.90 Å². The largest absolute Gasteiger partial charge is 0.419 e. The fourth-order valence-electron chi connectivity index (χ4n) is 1.41. The first kappa shape index (κ1) is 12.8. The summed E-state index contributed by atoms with van der Waals surface area (Å²) in [5, 5.41) is 0. The highest BCUT2D eigenvalue weighted by Gasteiger charge is 2.47. The summed E-state index contributed by atoms with van der Waals surface area (Å²) in [6.07, 6.45) is 0. The summed E-state index contributed by atoms with van der Waals surface area (Å²) in [5.74, 6) is -2.58. The Morgan fingerprint density at radius 3 is 2.22 bits per heavy atom. The average Bonchev–Trinajstić information content (AvgIpc) is 2.54. The van der Waals surface area contributed by atoms with Crippen LogP contribution in [-0.2, 0) is 24.3 Å². The summed E-state index contributed by atoms with van der Waals surface area (Å²) in [6, 6.07) is 5.79. The van der Waals surface area contributed by atoms with Gasteiger partial charge in [-0.1, -0.05) is 29.3 Å². The fraction of sp³-hybridized carbons (Fsp3) is 0.200. The monoisotopic (exact) mass is 289 g/mol. The molecule has 18 heavy (non-hydrogen) atoms. The first-order chi connectivity index (χ1) is 8.34. The quantitative estimate of drug-likeness (QED) is 0.344. The zero-order valence-electron chi connectivity index (χ0n) is 9.16. The van der Waals surface area contributed by atoms with E-state index >= 15 is 0 Å². The van der Waals surface area contributed by atoms with Crippen LogP contribution in [-0.4, -0.2) is 30.3 Å². The molecule has 1 unspecified atom stereocenters. The lowest BCUT2D eigenvalue weighted by Gasteiger charge is -2.16. The number of cyclic esters (lactones) is 1. The third kappa shape index (κ3) is 1.95. The summed E-state index contributed by atoms with van der Waals surface area (Å²) in [4.78, 5) is 22.2. The number of carbonyl (C=O) groups excluding carboxylic acids is 2. The standard InChI is InChI=1S/C10H8ClNO5S/c1-6-2-4-7(5-3-6)18(15,16)12-8(13)9(14)17-10(12)11/h2-5,10H,1H3. The Kier molecular flexibility index (Phi) is 3.04. The van der Waals surface area contributed by atoms with Crippen LogP contribution in [0.4, 0.5) is 0 Å². The van der Waals surface area contributed by atoms with E-state index in [4.69, 9.17) is 11.6 Å². The smallest absolute Gasteiger partial charge is 0.401 e. The number of nitrogens with zero attached hydrogens (tertiary/aromatic N) is 1. The van der Waals surface area contributed by atoms with E-state index in [0.29, 0.717) is 0 Å². The van der Waals surface area contributed by atoms with Crippen LogP contribution in [0.5, 0.6) is 0 Å². The van der Waals surface area contributed by atoms with Crippen molar-refractivity contribution in [2.75, 3.05) is 0 Å². The van der Waals surface area contributed by atoms with Gasteiger partial charge in [-0.15, -0.1) is 0 Å². The van der Waals surface area contributed by atoms with Gasteiger partial charge >= 0.3 is 11.9 Å². The Morgan fingerprint density at radius 2 is 1.78 bits per heavy atom. The number of carbonyl (C=O) groups is 2. The Hall–Kier alpha value is -1.60. The molecule has 1 heterocycles. The second-order valence-electron chi connectivity index (χ2n) is 3.62. The summed E-state index contributed by atoms with van der Waals surface area (Å²) >= 11 is 5.52. The van der Waals surface area contributed by atoms with Crippen molar-refractivity contribution in [2.24, 2.45) is 0 Å².